The topological polar surface area (TPSA) is 41.5 Å². The van der Waals surface area contributed by atoms with Gasteiger partial charge in [0.1, 0.15) is 0 Å². The minimum absolute atomic E-state index is 0.0737. The van der Waals surface area contributed by atoms with Crippen molar-refractivity contribution in [2.45, 2.75) is 32.6 Å². The van der Waals surface area contributed by atoms with Crippen LogP contribution in [0.4, 0.5) is 0 Å². The van der Waals surface area contributed by atoms with E-state index in [1.807, 2.05) is 12.1 Å². The molecule has 0 saturated heterocycles. The van der Waals surface area contributed by atoms with E-state index in [9.17, 15) is 4.79 Å². The number of fused-ring (bicyclic) bond motifs is 1. The SMILES string of the molecule is C[C@]12CCCC[C@@H]1[C@H]2C(=O)N/N=C\c1ccc(Cl)cc1. The average molecular weight is 291 g/mol. The van der Waals surface area contributed by atoms with E-state index in [2.05, 4.69) is 17.5 Å². The van der Waals surface area contributed by atoms with E-state index in [-0.39, 0.29) is 17.2 Å². The summed E-state index contributed by atoms with van der Waals surface area (Å²) in [4.78, 5) is 12.2. The molecule has 0 heterocycles. The van der Waals surface area contributed by atoms with Gasteiger partial charge >= 0.3 is 0 Å². The molecular weight excluding hydrogens is 272 g/mol. The molecule has 3 atom stereocenters. The molecular formula is C16H19ClN2O. The van der Waals surface area contributed by atoms with Gasteiger partial charge in [0.05, 0.1) is 6.21 Å². The summed E-state index contributed by atoms with van der Waals surface area (Å²) >= 11 is 5.82. The van der Waals surface area contributed by atoms with E-state index in [0.29, 0.717) is 10.9 Å². The maximum atomic E-state index is 12.2. The van der Waals surface area contributed by atoms with Gasteiger partial charge < -0.3 is 0 Å². The molecule has 1 N–H and O–H groups in total. The van der Waals surface area contributed by atoms with Crippen molar-refractivity contribution in [1.29, 1.82) is 0 Å². The fraction of sp³-hybridized carbons (Fsp3) is 0.500. The number of carbonyl (C=O) groups excluding carboxylic acids is 1. The summed E-state index contributed by atoms with van der Waals surface area (Å²) in [6, 6.07) is 7.36. The van der Waals surface area contributed by atoms with Crippen molar-refractivity contribution in [3.05, 3.63) is 34.9 Å². The number of amides is 1. The molecule has 0 unspecified atom stereocenters. The third-order valence-corrected chi connectivity index (χ3v) is 5.12. The number of rotatable bonds is 3. The van der Waals surface area contributed by atoms with Crippen molar-refractivity contribution in [2.24, 2.45) is 22.4 Å². The Bertz CT molecular complexity index is 540. The van der Waals surface area contributed by atoms with Crippen molar-refractivity contribution >= 4 is 23.7 Å². The highest BCUT2D eigenvalue weighted by Gasteiger charge is 2.64. The Morgan fingerprint density at radius 2 is 2.15 bits per heavy atom. The molecule has 2 saturated carbocycles. The molecule has 0 bridgehead atoms. The summed E-state index contributed by atoms with van der Waals surface area (Å²) < 4.78 is 0. The van der Waals surface area contributed by atoms with Gasteiger partial charge in [0.15, 0.2) is 0 Å². The summed E-state index contributed by atoms with van der Waals surface area (Å²) in [7, 11) is 0. The van der Waals surface area contributed by atoms with E-state index in [1.165, 1.54) is 25.7 Å². The Morgan fingerprint density at radius 1 is 1.40 bits per heavy atom. The van der Waals surface area contributed by atoms with Crippen LogP contribution in [0.2, 0.25) is 5.02 Å². The molecule has 20 heavy (non-hydrogen) atoms. The molecule has 4 heteroatoms. The molecule has 2 aliphatic carbocycles. The standard InChI is InChI=1S/C16H19ClN2O/c1-16-9-3-2-4-13(16)14(16)15(20)19-18-10-11-5-7-12(17)8-6-11/h5-8,10,13-14H,2-4,9H2,1H3,(H,19,20)/b18-10-/t13-,14+,16+/m1/s1. The number of hydrazone groups is 1. The summed E-state index contributed by atoms with van der Waals surface area (Å²) in [5, 5.41) is 4.75. The van der Waals surface area contributed by atoms with Crippen LogP contribution in [0.5, 0.6) is 0 Å². The van der Waals surface area contributed by atoms with E-state index < -0.39 is 0 Å². The maximum absolute atomic E-state index is 12.2. The predicted octanol–water partition coefficient (Wildman–Crippen LogP) is 3.62. The van der Waals surface area contributed by atoms with Crippen LogP contribution in [0, 0.1) is 17.3 Å². The van der Waals surface area contributed by atoms with Crippen LogP contribution in [0.25, 0.3) is 0 Å². The fourth-order valence-corrected chi connectivity index (χ4v) is 3.77. The third kappa shape index (κ3) is 2.47. The highest BCUT2D eigenvalue weighted by atomic mass is 35.5. The molecule has 3 rings (SSSR count). The van der Waals surface area contributed by atoms with Gasteiger partial charge in [-0.15, -0.1) is 0 Å². The largest absolute Gasteiger partial charge is 0.273 e. The summed E-state index contributed by atoms with van der Waals surface area (Å²) in [5.41, 5.74) is 3.85. The van der Waals surface area contributed by atoms with E-state index in [0.717, 1.165) is 5.56 Å². The first-order valence-corrected chi connectivity index (χ1v) is 7.57. The number of hydrogen-bond donors (Lipinski definition) is 1. The molecule has 0 aliphatic heterocycles. The molecule has 0 radical (unpaired) electrons. The fourth-order valence-electron chi connectivity index (χ4n) is 3.64. The third-order valence-electron chi connectivity index (χ3n) is 4.87. The van der Waals surface area contributed by atoms with Gasteiger partial charge in [-0.25, -0.2) is 5.43 Å². The molecule has 0 spiro atoms. The highest BCUT2D eigenvalue weighted by Crippen LogP contribution is 2.66. The Labute approximate surface area is 124 Å². The highest BCUT2D eigenvalue weighted by molar-refractivity contribution is 6.30. The molecule has 2 aliphatic rings. The molecule has 1 aromatic carbocycles. The normalized spacial score (nSPS) is 31.9. The van der Waals surface area contributed by atoms with Crippen LogP contribution in [0.15, 0.2) is 29.4 Å². The zero-order valence-corrected chi connectivity index (χ0v) is 12.4. The van der Waals surface area contributed by atoms with Crippen molar-refractivity contribution < 1.29 is 4.79 Å². The van der Waals surface area contributed by atoms with Crippen molar-refractivity contribution in [1.82, 2.24) is 5.43 Å². The van der Waals surface area contributed by atoms with E-state index in [1.54, 1.807) is 18.3 Å². The zero-order chi connectivity index (χ0) is 14.2. The van der Waals surface area contributed by atoms with Crippen LogP contribution >= 0.6 is 11.6 Å². The summed E-state index contributed by atoms with van der Waals surface area (Å²) in [6.45, 7) is 2.24. The number of halogens is 1. The first kappa shape index (κ1) is 13.6. The number of nitrogens with one attached hydrogen (secondary N) is 1. The Kier molecular flexibility index (Phi) is 3.55. The second-order valence-corrected chi connectivity index (χ2v) is 6.56. The second-order valence-electron chi connectivity index (χ2n) is 6.12. The second kappa shape index (κ2) is 5.21. The average Bonchev–Trinajstić information content (AvgIpc) is 3.06. The van der Waals surface area contributed by atoms with Gasteiger partial charge in [-0.2, -0.15) is 5.10 Å². The Hall–Kier alpha value is -1.35. The lowest BCUT2D eigenvalue weighted by atomic mass is 9.90. The van der Waals surface area contributed by atoms with Crippen LogP contribution < -0.4 is 5.43 Å². The molecule has 3 nitrogen and oxygen atoms in total. The van der Waals surface area contributed by atoms with Crippen molar-refractivity contribution in [3.8, 4) is 0 Å². The van der Waals surface area contributed by atoms with Gasteiger partial charge in [-0.3, -0.25) is 4.79 Å². The monoisotopic (exact) mass is 290 g/mol. The van der Waals surface area contributed by atoms with Crippen LogP contribution in [0.1, 0.15) is 38.2 Å². The van der Waals surface area contributed by atoms with Gasteiger partial charge in [0.2, 0.25) is 5.91 Å². The van der Waals surface area contributed by atoms with Crippen LogP contribution in [-0.2, 0) is 4.79 Å². The molecule has 0 aromatic heterocycles. The zero-order valence-electron chi connectivity index (χ0n) is 11.6. The van der Waals surface area contributed by atoms with Gasteiger partial charge in [0.25, 0.3) is 0 Å². The lowest BCUT2D eigenvalue weighted by Gasteiger charge is -2.15. The van der Waals surface area contributed by atoms with Gasteiger partial charge in [-0.05, 0) is 41.9 Å². The summed E-state index contributed by atoms with van der Waals surface area (Å²) in [6.07, 6.45) is 6.54. The number of nitrogens with zero attached hydrogens (tertiary/aromatic N) is 1. The van der Waals surface area contributed by atoms with E-state index in [4.69, 9.17) is 11.6 Å². The van der Waals surface area contributed by atoms with Crippen molar-refractivity contribution in [3.63, 3.8) is 0 Å². The lowest BCUT2D eigenvalue weighted by Crippen LogP contribution is -2.22. The Balaban J connectivity index is 1.56. The minimum atomic E-state index is 0.0737. The quantitative estimate of drug-likeness (QED) is 0.670. The van der Waals surface area contributed by atoms with E-state index >= 15 is 0 Å². The first-order valence-electron chi connectivity index (χ1n) is 7.20. The minimum Gasteiger partial charge on any atom is -0.273 e. The lowest BCUT2D eigenvalue weighted by molar-refractivity contribution is -0.123. The first-order chi connectivity index (χ1) is 9.61. The van der Waals surface area contributed by atoms with Crippen LogP contribution in [0.3, 0.4) is 0 Å². The smallest absolute Gasteiger partial charge is 0.244 e. The van der Waals surface area contributed by atoms with Crippen molar-refractivity contribution in [2.75, 3.05) is 0 Å². The van der Waals surface area contributed by atoms with Gasteiger partial charge in [-0.1, -0.05) is 43.5 Å². The van der Waals surface area contributed by atoms with Crippen LogP contribution in [-0.4, -0.2) is 12.1 Å². The number of benzene rings is 1. The number of hydrogen-bond acceptors (Lipinski definition) is 2. The maximum Gasteiger partial charge on any atom is 0.244 e. The molecule has 2 fully saturated rings. The van der Waals surface area contributed by atoms with Gasteiger partial charge in [0, 0.05) is 10.9 Å². The Morgan fingerprint density at radius 3 is 2.80 bits per heavy atom. The number of carbonyl (C=O) groups is 1. The summed E-state index contributed by atoms with van der Waals surface area (Å²) in [5.74, 6) is 0.805. The molecule has 1 amide bonds. The predicted molar refractivity (Wildman–Crippen MR) is 80.7 cm³/mol. The molecule has 106 valence electrons. The molecule has 1 aromatic rings.